The number of rotatable bonds is 9. The molecule has 0 N–H and O–H groups in total. The largest absolute Gasteiger partial charge is 0.298 e. The number of aldehydes is 1. The molecule has 0 aromatic heterocycles. The van der Waals surface area contributed by atoms with E-state index >= 15 is 0 Å². The summed E-state index contributed by atoms with van der Waals surface area (Å²) in [6.45, 7) is 8.65. The molecule has 1 heteroatoms. The number of unbranched alkanes of at least 4 members (excludes halogenated alkanes) is 4. The van der Waals surface area contributed by atoms with Crippen molar-refractivity contribution in [3.63, 3.8) is 0 Å². The van der Waals surface area contributed by atoms with Gasteiger partial charge in [-0.15, -0.1) is 0 Å². The van der Waals surface area contributed by atoms with Gasteiger partial charge in [0.05, 0.1) is 0 Å². The average molecular weight is 286 g/mol. The Morgan fingerprint density at radius 1 is 1.05 bits per heavy atom. The van der Waals surface area contributed by atoms with Crippen LogP contribution in [0.3, 0.4) is 0 Å². The fourth-order valence-electron chi connectivity index (χ4n) is 2.73. The van der Waals surface area contributed by atoms with Crippen LogP contribution in [0.5, 0.6) is 0 Å². The van der Waals surface area contributed by atoms with E-state index in [-0.39, 0.29) is 0 Å². The van der Waals surface area contributed by atoms with Crippen LogP contribution in [0.2, 0.25) is 0 Å². The van der Waals surface area contributed by atoms with E-state index in [1.165, 1.54) is 54.4 Å². The molecule has 0 radical (unpaired) electrons. The molecule has 0 aliphatic carbocycles. The number of benzene rings is 1. The Bertz CT molecular complexity index is 479. The lowest BCUT2D eigenvalue weighted by molar-refractivity contribution is 0.112. The van der Waals surface area contributed by atoms with Gasteiger partial charge in [0.2, 0.25) is 0 Å². The molecule has 0 aliphatic rings. The maximum absolute atomic E-state index is 11.3. The third kappa shape index (κ3) is 5.87. The van der Waals surface area contributed by atoms with Gasteiger partial charge in [-0.2, -0.15) is 0 Å². The van der Waals surface area contributed by atoms with E-state index < -0.39 is 0 Å². The number of allylic oxidation sites excluding steroid dienone is 2. The van der Waals surface area contributed by atoms with Crippen LogP contribution in [-0.2, 0) is 12.8 Å². The lowest BCUT2D eigenvalue weighted by Gasteiger charge is -2.14. The van der Waals surface area contributed by atoms with Gasteiger partial charge >= 0.3 is 0 Å². The number of carbonyl (C=O) groups is 1. The molecule has 0 heterocycles. The first-order valence-corrected chi connectivity index (χ1v) is 8.30. The number of aryl methyl sites for hydroxylation is 1. The van der Waals surface area contributed by atoms with Crippen molar-refractivity contribution in [2.24, 2.45) is 0 Å². The maximum atomic E-state index is 11.3. The minimum Gasteiger partial charge on any atom is -0.298 e. The molecule has 0 saturated heterocycles. The molecule has 1 nitrogen and oxygen atoms in total. The van der Waals surface area contributed by atoms with Gasteiger partial charge in [-0.05, 0) is 56.7 Å². The lowest BCUT2D eigenvalue weighted by Crippen LogP contribution is -2.02. The Morgan fingerprint density at radius 2 is 1.76 bits per heavy atom. The predicted molar refractivity (Wildman–Crippen MR) is 92.2 cm³/mol. The summed E-state index contributed by atoms with van der Waals surface area (Å²) in [6, 6.07) is 4.06. The van der Waals surface area contributed by atoms with E-state index in [1.807, 2.05) is 6.07 Å². The van der Waals surface area contributed by atoms with E-state index in [0.29, 0.717) is 0 Å². The molecule has 0 saturated carbocycles. The van der Waals surface area contributed by atoms with Crippen LogP contribution in [0, 0.1) is 6.92 Å². The molecule has 0 fully saturated rings. The van der Waals surface area contributed by atoms with Gasteiger partial charge in [0.1, 0.15) is 6.29 Å². The molecule has 0 unspecified atom stereocenters. The quantitative estimate of drug-likeness (QED) is 0.317. The van der Waals surface area contributed by atoms with Crippen LogP contribution in [0.15, 0.2) is 23.8 Å². The third-order valence-electron chi connectivity index (χ3n) is 4.07. The SMILES string of the molecule is CCCCCCCc1c(C=O)ccc(C)c1CC=C(C)C. The van der Waals surface area contributed by atoms with E-state index in [2.05, 4.69) is 39.8 Å². The summed E-state index contributed by atoms with van der Waals surface area (Å²) in [4.78, 5) is 11.3. The second-order valence-corrected chi connectivity index (χ2v) is 6.20. The monoisotopic (exact) mass is 286 g/mol. The van der Waals surface area contributed by atoms with Crippen LogP contribution in [-0.4, -0.2) is 6.29 Å². The van der Waals surface area contributed by atoms with Gasteiger partial charge in [-0.3, -0.25) is 4.79 Å². The maximum Gasteiger partial charge on any atom is 0.150 e. The van der Waals surface area contributed by atoms with Gasteiger partial charge in [0, 0.05) is 5.56 Å². The molecule has 0 spiro atoms. The van der Waals surface area contributed by atoms with Crippen LogP contribution < -0.4 is 0 Å². The van der Waals surface area contributed by atoms with Crippen LogP contribution in [0.1, 0.15) is 79.9 Å². The highest BCUT2D eigenvalue weighted by atomic mass is 16.1. The third-order valence-corrected chi connectivity index (χ3v) is 4.07. The Morgan fingerprint density at radius 3 is 2.38 bits per heavy atom. The highest BCUT2D eigenvalue weighted by molar-refractivity contribution is 5.78. The average Bonchev–Trinajstić information content (AvgIpc) is 2.46. The van der Waals surface area contributed by atoms with E-state index in [0.717, 1.165) is 24.7 Å². The molecule has 0 bridgehead atoms. The lowest BCUT2D eigenvalue weighted by atomic mass is 9.90. The predicted octanol–water partition coefficient (Wildman–Crippen LogP) is 5.83. The summed E-state index contributed by atoms with van der Waals surface area (Å²) >= 11 is 0. The fourth-order valence-corrected chi connectivity index (χ4v) is 2.73. The van der Waals surface area contributed by atoms with Gasteiger partial charge in [0.25, 0.3) is 0 Å². The first-order valence-electron chi connectivity index (χ1n) is 8.30. The molecular formula is C20H30O. The zero-order chi connectivity index (χ0) is 15.7. The van der Waals surface area contributed by atoms with Crippen molar-refractivity contribution in [1.82, 2.24) is 0 Å². The van der Waals surface area contributed by atoms with Crippen LogP contribution in [0.25, 0.3) is 0 Å². The van der Waals surface area contributed by atoms with Crippen molar-refractivity contribution in [2.45, 2.75) is 72.6 Å². The zero-order valence-electron chi connectivity index (χ0n) is 14.2. The summed E-state index contributed by atoms with van der Waals surface area (Å²) in [5, 5.41) is 0. The van der Waals surface area contributed by atoms with Crippen molar-refractivity contribution in [3.8, 4) is 0 Å². The van der Waals surface area contributed by atoms with Crippen molar-refractivity contribution in [1.29, 1.82) is 0 Å². The number of carbonyl (C=O) groups excluding carboxylic acids is 1. The Kier molecular flexibility index (Phi) is 8.04. The van der Waals surface area contributed by atoms with Crippen molar-refractivity contribution in [3.05, 3.63) is 46.0 Å². The van der Waals surface area contributed by atoms with Crippen LogP contribution in [0.4, 0.5) is 0 Å². The molecule has 1 aromatic rings. The standard InChI is InChI=1S/C20H30O/c1-5-6-7-8-9-10-20-18(15-21)13-12-17(4)19(20)14-11-16(2)3/h11-13,15H,5-10,14H2,1-4H3. The minimum absolute atomic E-state index is 0.883. The molecule has 0 amide bonds. The van der Waals surface area contributed by atoms with Gasteiger partial charge < -0.3 is 0 Å². The number of hydrogen-bond acceptors (Lipinski definition) is 1. The first kappa shape index (κ1) is 17.7. The van der Waals surface area contributed by atoms with E-state index in [9.17, 15) is 4.79 Å². The Hall–Kier alpha value is -1.37. The first-order chi connectivity index (χ1) is 10.1. The Balaban J connectivity index is 2.88. The number of hydrogen-bond donors (Lipinski definition) is 0. The van der Waals surface area contributed by atoms with Gasteiger partial charge in [-0.25, -0.2) is 0 Å². The summed E-state index contributed by atoms with van der Waals surface area (Å²) in [5.41, 5.74) is 6.16. The summed E-state index contributed by atoms with van der Waals surface area (Å²) in [7, 11) is 0. The van der Waals surface area contributed by atoms with E-state index in [1.54, 1.807) is 0 Å². The second kappa shape index (κ2) is 9.55. The van der Waals surface area contributed by atoms with Crippen molar-refractivity contribution in [2.75, 3.05) is 0 Å². The smallest absolute Gasteiger partial charge is 0.150 e. The van der Waals surface area contributed by atoms with Gasteiger partial charge in [0.15, 0.2) is 0 Å². The molecule has 0 atom stereocenters. The van der Waals surface area contributed by atoms with Gasteiger partial charge in [-0.1, -0.05) is 56.4 Å². The molecular weight excluding hydrogens is 256 g/mol. The molecule has 21 heavy (non-hydrogen) atoms. The Labute approximate surface area is 130 Å². The normalized spacial score (nSPS) is 10.5. The van der Waals surface area contributed by atoms with E-state index in [4.69, 9.17) is 0 Å². The molecule has 1 rings (SSSR count). The topological polar surface area (TPSA) is 17.1 Å². The summed E-state index contributed by atoms with van der Waals surface area (Å²) in [6.07, 6.45) is 11.6. The summed E-state index contributed by atoms with van der Waals surface area (Å²) in [5.74, 6) is 0. The fraction of sp³-hybridized carbons (Fsp3) is 0.550. The summed E-state index contributed by atoms with van der Waals surface area (Å²) < 4.78 is 0. The molecule has 116 valence electrons. The van der Waals surface area contributed by atoms with Crippen molar-refractivity contribution < 1.29 is 4.79 Å². The van der Waals surface area contributed by atoms with Crippen molar-refractivity contribution >= 4 is 6.29 Å². The van der Waals surface area contributed by atoms with Crippen LogP contribution >= 0.6 is 0 Å². The molecule has 1 aromatic carbocycles. The highest BCUT2D eigenvalue weighted by Gasteiger charge is 2.10. The highest BCUT2D eigenvalue weighted by Crippen LogP contribution is 2.22. The zero-order valence-corrected chi connectivity index (χ0v) is 14.2. The molecule has 0 aliphatic heterocycles. The second-order valence-electron chi connectivity index (χ2n) is 6.20. The minimum atomic E-state index is 0.883.